The second kappa shape index (κ2) is 6.23. The minimum atomic E-state index is -0.270. The smallest absolute Gasteiger partial charge is 0.339 e. The topological polar surface area (TPSA) is 65.7 Å². The van der Waals surface area contributed by atoms with Crippen LogP contribution < -0.4 is 15.1 Å². The Bertz CT molecular complexity index is 1170. The molecular weight excluding hydrogens is 356 g/mol. The van der Waals surface area contributed by atoms with Gasteiger partial charge in [-0.15, -0.1) is 0 Å². The molecule has 5 heteroatoms. The van der Waals surface area contributed by atoms with Gasteiger partial charge in [-0.25, -0.2) is 4.79 Å². The number of hydrogen-bond acceptors (Lipinski definition) is 5. The molecule has 28 heavy (non-hydrogen) atoms. The second-order valence-electron chi connectivity index (χ2n) is 7.51. The molecule has 0 amide bonds. The third-order valence-electron chi connectivity index (χ3n) is 5.91. The van der Waals surface area contributed by atoms with Gasteiger partial charge in [-0.2, -0.15) is 0 Å². The van der Waals surface area contributed by atoms with Crippen LogP contribution >= 0.6 is 0 Å². The van der Waals surface area contributed by atoms with Crippen LogP contribution in [-0.2, 0) is 17.6 Å². The Morgan fingerprint density at radius 3 is 2.57 bits per heavy atom. The summed E-state index contributed by atoms with van der Waals surface area (Å²) in [5.74, 6) is 0.972. The number of fused-ring (bicyclic) bond motifs is 5. The molecule has 3 aromatic rings. The molecule has 0 unspecified atom stereocenters. The third-order valence-corrected chi connectivity index (χ3v) is 5.91. The summed E-state index contributed by atoms with van der Waals surface area (Å²) in [4.78, 5) is 24.8. The third kappa shape index (κ3) is 2.46. The normalized spacial score (nSPS) is 17.9. The molecule has 0 N–H and O–H groups in total. The van der Waals surface area contributed by atoms with Gasteiger partial charge in [0.05, 0.1) is 18.9 Å². The van der Waals surface area contributed by atoms with E-state index in [9.17, 15) is 9.59 Å². The van der Waals surface area contributed by atoms with Gasteiger partial charge in [0.25, 0.3) is 0 Å². The number of methoxy groups -OCH3 is 1. The molecule has 0 spiro atoms. The fraction of sp³-hybridized carbons (Fsp3) is 0.304. The zero-order valence-corrected chi connectivity index (χ0v) is 15.8. The Morgan fingerprint density at radius 2 is 1.82 bits per heavy atom. The number of carbonyl (C=O) groups excluding carboxylic acids is 1. The van der Waals surface area contributed by atoms with Gasteiger partial charge in [0.15, 0.2) is 0 Å². The monoisotopic (exact) mass is 376 g/mol. The molecule has 0 bridgehead atoms. The van der Waals surface area contributed by atoms with E-state index in [0.29, 0.717) is 17.8 Å². The molecule has 0 fully saturated rings. The van der Waals surface area contributed by atoms with Crippen LogP contribution in [0.15, 0.2) is 39.5 Å². The minimum absolute atomic E-state index is 0.101. The van der Waals surface area contributed by atoms with Gasteiger partial charge in [-0.3, -0.25) is 4.79 Å². The highest BCUT2D eigenvalue weighted by Gasteiger charge is 2.34. The molecule has 1 aromatic heterocycles. The molecule has 2 heterocycles. The molecule has 1 aliphatic heterocycles. The van der Waals surface area contributed by atoms with Crippen LogP contribution in [0.3, 0.4) is 0 Å². The largest absolute Gasteiger partial charge is 0.497 e. The van der Waals surface area contributed by atoms with Crippen molar-refractivity contribution >= 4 is 16.9 Å². The Morgan fingerprint density at radius 1 is 1.07 bits per heavy atom. The number of ether oxygens (including phenoxy) is 2. The lowest BCUT2D eigenvalue weighted by atomic mass is 9.82. The molecule has 5 nitrogen and oxygen atoms in total. The standard InChI is InChI=1S/C23H20O5/c1-12-10-18-21(15-4-3-5-16(15)23(25)27-18)22-20(12)17(11-19(24)28-22)13-6-8-14(26-2)9-7-13/h6-10,17H,3-5,11H2,1-2H3/t17-/m0/s1. The van der Waals surface area contributed by atoms with Crippen molar-refractivity contribution < 1.29 is 18.7 Å². The van der Waals surface area contributed by atoms with Crippen molar-refractivity contribution in [1.82, 2.24) is 0 Å². The molecule has 142 valence electrons. The van der Waals surface area contributed by atoms with Gasteiger partial charge < -0.3 is 13.9 Å². The fourth-order valence-electron chi connectivity index (χ4n) is 4.63. The second-order valence-corrected chi connectivity index (χ2v) is 7.51. The number of hydrogen-bond donors (Lipinski definition) is 0. The van der Waals surface area contributed by atoms with Crippen LogP contribution in [0.2, 0.25) is 0 Å². The summed E-state index contributed by atoms with van der Waals surface area (Å²) in [5.41, 5.74) is 4.93. The summed E-state index contributed by atoms with van der Waals surface area (Å²) < 4.78 is 16.6. The van der Waals surface area contributed by atoms with Crippen molar-refractivity contribution in [2.75, 3.05) is 7.11 Å². The zero-order valence-electron chi connectivity index (χ0n) is 15.8. The van der Waals surface area contributed by atoms with Crippen LogP contribution in [0.25, 0.3) is 11.0 Å². The van der Waals surface area contributed by atoms with Gasteiger partial charge in [0.2, 0.25) is 0 Å². The van der Waals surface area contributed by atoms with E-state index in [1.807, 2.05) is 37.3 Å². The summed E-state index contributed by atoms with van der Waals surface area (Å²) in [6.45, 7) is 1.97. The van der Waals surface area contributed by atoms with Gasteiger partial charge in [0, 0.05) is 17.0 Å². The van der Waals surface area contributed by atoms with Gasteiger partial charge in [-0.1, -0.05) is 12.1 Å². The van der Waals surface area contributed by atoms with Crippen LogP contribution in [0.5, 0.6) is 11.5 Å². The average Bonchev–Trinajstić information content (AvgIpc) is 3.17. The lowest BCUT2D eigenvalue weighted by molar-refractivity contribution is -0.135. The Balaban J connectivity index is 1.79. The molecule has 2 aliphatic rings. The molecule has 2 aromatic carbocycles. The molecule has 1 aliphatic carbocycles. The maximum Gasteiger partial charge on any atom is 0.339 e. The molecule has 0 saturated carbocycles. The number of aryl methyl sites for hydroxylation is 2. The van der Waals surface area contributed by atoms with Crippen molar-refractivity contribution in [1.29, 1.82) is 0 Å². The van der Waals surface area contributed by atoms with Gasteiger partial charge >= 0.3 is 11.6 Å². The highest BCUT2D eigenvalue weighted by molar-refractivity contribution is 5.94. The predicted octanol–water partition coefficient (Wildman–Crippen LogP) is 4.04. The van der Waals surface area contributed by atoms with Crippen LogP contribution in [0.4, 0.5) is 0 Å². The first-order chi connectivity index (χ1) is 13.6. The molecule has 1 atom stereocenters. The highest BCUT2D eigenvalue weighted by atomic mass is 16.5. The Hall–Kier alpha value is -3.08. The first kappa shape index (κ1) is 17.0. The maximum atomic E-state index is 12.5. The number of rotatable bonds is 2. The van der Waals surface area contributed by atoms with E-state index in [-0.39, 0.29) is 23.9 Å². The van der Waals surface area contributed by atoms with Crippen molar-refractivity contribution in [3.63, 3.8) is 0 Å². The van der Waals surface area contributed by atoms with Crippen LogP contribution in [0, 0.1) is 6.92 Å². The molecule has 5 rings (SSSR count). The van der Waals surface area contributed by atoms with E-state index in [4.69, 9.17) is 13.9 Å². The summed E-state index contributed by atoms with van der Waals surface area (Å²) in [5, 5.41) is 0.791. The molecule has 0 radical (unpaired) electrons. The number of carbonyl (C=O) groups is 1. The summed E-state index contributed by atoms with van der Waals surface area (Å²) in [7, 11) is 1.63. The summed E-state index contributed by atoms with van der Waals surface area (Å²) in [6.07, 6.45) is 2.71. The van der Waals surface area contributed by atoms with E-state index in [1.54, 1.807) is 7.11 Å². The molecule has 0 saturated heterocycles. The first-order valence-corrected chi connectivity index (χ1v) is 9.53. The predicted molar refractivity (Wildman–Crippen MR) is 104 cm³/mol. The minimum Gasteiger partial charge on any atom is -0.497 e. The Kier molecular flexibility index (Phi) is 3.79. The summed E-state index contributed by atoms with van der Waals surface area (Å²) >= 11 is 0. The van der Waals surface area contributed by atoms with Crippen molar-refractivity contribution in [2.45, 2.75) is 38.5 Å². The van der Waals surface area contributed by atoms with Gasteiger partial charge in [-0.05, 0) is 61.1 Å². The summed E-state index contributed by atoms with van der Waals surface area (Å²) in [6, 6.07) is 9.70. The lowest BCUT2D eigenvalue weighted by Crippen LogP contribution is -2.23. The fourth-order valence-corrected chi connectivity index (χ4v) is 4.63. The van der Waals surface area contributed by atoms with Gasteiger partial charge in [0.1, 0.15) is 17.1 Å². The van der Waals surface area contributed by atoms with Crippen molar-refractivity contribution in [3.05, 3.63) is 68.6 Å². The first-order valence-electron chi connectivity index (χ1n) is 9.53. The SMILES string of the molecule is COc1ccc([C@@H]2CC(=O)Oc3c2c(C)cc2oc(=O)c4c(c32)CCC4)cc1. The van der Waals surface area contributed by atoms with E-state index in [0.717, 1.165) is 51.8 Å². The highest BCUT2D eigenvalue weighted by Crippen LogP contribution is 2.46. The average molecular weight is 376 g/mol. The lowest BCUT2D eigenvalue weighted by Gasteiger charge is -2.28. The number of benzene rings is 2. The van der Waals surface area contributed by atoms with Crippen LogP contribution in [-0.4, -0.2) is 13.1 Å². The number of esters is 1. The van der Waals surface area contributed by atoms with Crippen molar-refractivity contribution in [2.24, 2.45) is 0 Å². The Labute approximate surface area is 161 Å². The van der Waals surface area contributed by atoms with Crippen molar-refractivity contribution in [3.8, 4) is 11.5 Å². The quantitative estimate of drug-likeness (QED) is 0.384. The van der Waals surface area contributed by atoms with E-state index in [1.165, 1.54) is 0 Å². The van der Waals surface area contributed by atoms with E-state index in [2.05, 4.69) is 0 Å². The van der Waals surface area contributed by atoms with Crippen LogP contribution in [0.1, 0.15) is 46.6 Å². The van der Waals surface area contributed by atoms with E-state index < -0.39 is 0 Å². The van der Waals surface area contributed by atoms with E-state index >= 15 is 0 Å². The molecular formula is C23H20O5. The zero-order chi connectivity index (χ0) is 19.4. The maximum absolute atomic E-state index is 12.5.